The van der Waals surface area contributed by atoms with E-state index >= 15 is 0 Å². The smallest absolute Gasteiger partial charge is 0.396 e. The summed E-state index contributed by atoms with van der Waals surface area (Å²) < 4.78 is 56.9. The predicted molar refractivity (Wildman–Crippen MR) is 77.9 cm³/mol. The minimum atomic E-state index is -4.51. The Labute approximate surface area is 136 Å². The fraction of sp³-hybridized carbons (Fsp3) is 0.562. The first kappa shape index (κ1) is 18.7. The zero-order valence-electron chi connectivity index (χ0n) is 12.9. The second-order valence-corrected chi connectivity index (χ2v) is 5.98. The molecule has 2 rings (SSSR count). The highest BCUT2D eigenvalue weighted by molar-refractivity contribution is 5.82. The molecule has 0 radical (unpaired) electrons. The number of aliphatic hydroxyl groups excluding tert-OH is 1. The van der Waals surface area contributed by atoms with Gasteiger partial charge in [-0.25, -0.2) is 4.39 Å². The summed E-state index contributed by atoms with van der Waals surface area (Å²) in [5.41, 5.74) is -1.46. The number of benzene rings is 1. The number of nitrogens with one attached hydrogen (secondary N) is 1. The van der Waals surface area contributed by atoms with Crippen LogP contribution in [0.4, 0.5) is 17.6 Å². The Morgan fingerprint density at radius 2 is 2.00 bits per heavy atom. The summed E-state index contributed by atoms with van der Waals surface area (Å²) in [6.07, 6.45) is -5.50. The third-order valence-electron chi connectivity index (χ3n) is 4.23. The molecule has 1 saturated heterocycles. The topological polar surface area (TPSA) is 58.6 Å². The molecule has 2 atom stereocenters. The second kappa shape index (κ2) is 7.48. The first-order chi connectivity index (χ1) is 11.3. The molecule has 1 amide bonds. The fourth-order valence-corrected chi connectivity index (χ4v) is 2.67. The van der Waals surface area contributed by atoms with Crippen molar-refractivity contribution in [2.75, 3.05) is 26.4 Å². The molecule has 2 N–H and O–H groups in total. The summed E-state index contributed by atoms with van der Waals surface area (Å²) in [6, 6.07) is 3.39. The Morgan fingerprint density at radius 3 is 2.50 bits per heavy atom. The zero-order chi connectivity index (χ0) is 17.8. The van der Waals surface area contributed by atoms with Crippen LogP contribution in [0.1, 0.15) is 30.1 Å². The molecule has 0 aromatic heterocycles. The van der Waals surface area contributed by atoms with Crippen molar-refractivity contribution in [1.82, 2.24) is 5.32 Å². The van der Waals surface area contributed by atoms with Crippen molar-refractivity contribution in [3.63, 3.8) is 0 Å². The normalized spacial score (nSPS) is 22.4. The summed E-state index contributed by atoms with van der Waals surface area (Å²) in [5, 5.41) is 11.6. The molecule has 1 aromatic rings. The van der Waals surface area contributed by atoms with E-state index in [0.29, 0.717) is 26.1 Å². The van der Waals surface area contributed by atoms with Gasteiger partial charge in [0.2, 0.25) is 6.17 Å². The van der Waals surface area contributed by atoms with E-state index in [1.54, 1.807) is 0 Å². The van der Waals surface area contributed by atoms with Crippen LogP contribution in [0.2, 0.25) is 0 Å². The maximum Gasteiger partial charge on any atom is 0.416 e. The van der Waals surface area contributed by atoms with E-state index in [1.807, 2.05) is 0 Å². The Bertz CT molecular complexity index is 553. The quantitative estimate of drug-likeness (QED) is 0.777. The Morgan fingerprint density at radius 1 is 1.33 bits per heavy atom. The van der Waals surface area contributed by atoms with E-state index in [4.69, 9.17) is 9.84 Å². The molecule has 2 unspecified atom stereocenters. The van der Waals surface area contributed by atoms with Crippen LogP contribution < -0.4 is 5.32 Å². The van der Waals surface area contributed by atoms with Gasteiger partial charge in [0.1, 0.15) is 0 Å². The Hall–Kier alpha value is -1.67. The van der Waals surface area contributed by atoms with E-state index in [0.717, 1.165) is 24.3 Å². The molecule has 1 heterocycles. The molecule has 1 aromatic carbocycles. The van der Waals surface area contributed by atoms with Crippen molar-refractivity contribution in [3.8, 4) is 0 Å². The van der Waals surface area contributed by atoms with Crippen molar-refractivity contribution in [2.45, 2.75) is 25.2 Å². The molecular formula is C16H19F4NO3. The average Bonchev–Trinajstić information content (AvgIpc) is 3.00. The van der Waals surface area contributed by atoms with E-state index in [2.05, 4.69) is 5.32 Å². The van der Waals surface area contributed by atoms with E-state index in [-0.39, 0.29) is 18.7 Å². The highest BCUT2D eigenvalue weighted by Gasteiger charge is 2.36. The number of halogens is 4. The van der Waals surface area contributed by atoms with Gasteiger partial charge in [-0.1, -0.05) is 12.1 Å². The number of hydrogen-bond acceptors (Lipinski definition) is 3. The number of aliphatic hydroxyl groups is 1. The summed E-state index contributed by atoms with van der Waals surface area (Å²) in [6.45, 7) is 0.948. The molecule has 0 spiro atoms. The summed E-state index contributed by atoms with van der Waals surface area (Å²) in [5.74, 6) is -0.918. The lowest BCUT2D eigenvalue weighted by atomic mass is 9.84. The largest absolute Gasteiger partial charge is 0.416 e. The Kier molecular flexibility index (Phi) is 5.82. The first-order valence-corrected chi connectivity index (χ1v) is 7.55. The molecule has 134 valence electrons. The van der Waals surface area contributed by atoms with Gasteiger partial charge in [0, 0.05) is 25.2 Å². The number of amides is 1. The number of ether oxygens (including phenoxy) is 1. The fourth-order valence-electron chi connectivity index (χ4n) is 2.67. The van der Waals surface area contributed by atoms with Gasteiger partial charge in [0.25, 0.3) is 5.91 Å². The van der Waals surface area contributed by atoms with E-state index in [1.165, 1.54) is 0 Å². The van der Waals surface area contributed by atoms with Crippen LogP contribution in [-0.2, 0) is 15.7 Å². The molecule has 1 aliphatic rings. The molecule has 0 aliphatic carbocycles. The van der Waals surface area contributed by atoms with Gasteiger partial charge in [-0.3, -0.25) is 4.79 Å². The van der Waals surface area contributed by atoms with Gasteiger partial charge in [-0.05, 0) is 30.5 Å². The first-order valence-electron chi connectivity index (χ1n) is 7.55. The predicted octanol–water partition coefficient (Wildman–Crippen LogP) is 2.62. The molecule has 1 fully saturated rings. The lowest BCUT2D eigenvalue weighted by molar-refractivity contribution is -0.137. The summed E-state index contributed by atoms with van der Waals surface area (Å²) in [4.78, 5) is 11.9. The third kappa shape index (κ3) is 4.45. The van der Waals surface area contributed by atoms with Gasteiger partial charge in [0.05, 0.1) is 12.2 Å². The number of rotatable bonds is 6. The van der Waals surface area contributed by atoms with Crippen molar-refractivity contribution in [2.24, 2.45) is 5.41 Å². The van der Waals surface area contributed by atoms with Gasteiger partial charge in [-0.15, -0.1) is 0 Å². The van der Waals surface area contributed by atoms with Crippen LogP contribution in [0, 0.1) is 5.41 Å². The summed E-state index contributed by atoms with van der Waals surface area (Å²) >= 11 is 0. The van der Waals surface area contributed by atoms with Crippen LogP contribution >= 0.6 is 0 Å². The van der Waals surface area contributed by atoms with Gasteiger partial charge >= 0.3 is 6.18 Å². The third-order valence-corrected chi connectivity index (χ3v) is 4.23. The van der Waals surface area contributed by atoms with Gasteiger partial charge in [0.15, 0.2) is 0 Å². The van der Waals surface area contributed by atoms with Crippen LogP contribution in [-0.4, -0.2) is 37.4 Å². The van der Waals surface area contributed by atoms with Crippen LogP contribution in [0.3, 0.4) is 0 Å². The van der Waals surface area contributed by atoms with Crippen LogP contribution in [0.5, 0.6) is 0 Å². The van der Waals surface area contributed by atoms with Crippen molar-refractivity contribution < 1.29 is 32.2 Å². The molecule has 24 heavy (non-hydrogen) atoms. The lowest BCUT2D eigenvalue weighted by Gasteiger charge is -2.27. The summed E-state index contributed by atoms with van der Waals surface area (Å²) in [7, 11) is 0. The molecule has 8 heteroatoms. The van der Waals surface area contributed by atoms with E-state index in [9.17, 15) is 22.4 Å². The maximum absolute atomic E-state index is 14.2. The number of carbonyl (C=O) groups is 1. The molecular weight excluding hydrogens is 330 g/mol. The van der Waals surface area contributed by atoms with Crippen molar-refractivity contribution >= 4 is 5.91 Å². The second-order valence-electron chi connectivity index (χ2n) is 5.98. The minimum Gasteiger partial charge on any atom is -0.396 e. The lowest BCUT2D eigenvalue weighted by Crippen LogP contribution is -2.40. The maximum atomic E-state index is 14.2. The van der Waals surface area contributed by atoms with Crippen LogP contribution in [0.25, 0.3) is 0 Å². The van der Waals surface area contributed by atoms with Crippen molar-refractivity contribution in [3.05, 3.63) is 35.4 Å². The van der Waals surface area contributed by atoms with Gasteiger partial charge < -0.3 is 15.2 Å². The monoisotopic (exact) mass is 349 g/mol. The SMILES string of the molecule is O=C(NCC1(CCO)CCOC1)C(F)c1ccc(C(F)(F)F)cc1. The minimum absolute atomic E-state index is 0.0722. The zero-order valence-corrected chi connectivity index (χ0v) is 12.9. The highest BCUT2D eigenvalue weighted by atomic mass is 19.4. The number of alkyl halides is 4. The number of hydrogen-bond donors (Lipinski definition) is 2. The standard InChI is InChI=1S/C16H19F4NO3/c17-13(11-1-3-12(4-2-11)16(18,19)20)14(23)21-9-15(5-7-22)6-8-24-10-15/h1-4,13,22H,5-10H2,(H,21,23). The van der Waals surface area contributed by atoms with Gasteiger partial charge in [-0.2, -0.15) is 13.2 Å². The highest BCUT2D eigenvalue weighted by Crippen LogP contribution is 2.32. The molecule has 4 nitrogen and oxygen atoms in total. The average molecular weight is 349 g/mol. The molecule has 0 saturated carbocycles. The molecule has 0 bridgehead atoms. The Balaban J connectivity index is 1.96. The van der Waals surface area contributed by atoms with Crippen molar-refractivity contribution in [1.29, 1.82) is 0 Å². The van der Waals surface area contributed by atoms with Crippen LogP contribution in [0.15, 0.2) is 24.3 Å². The van der Waals surface area contributed by atoms with E-state index < -0.39 is 29.2 Å². The molecule has 1 aliphatic heterocycles. The number of carbonyl (C=O) groups excluding carboxylic acids is 1.